The Kier molecular flexibility index (Phi) is 3.86. The van der Waals surface area contributed by atoms with Crippen molar-refractivity contribution in [3.63, 3.8) is 0 Å². The van der Waals surface area contributed by atoms with Crippen LogP contribution in [-0.2, 0) is 6.42 Å². The summed E-state index contributed by atoms with van der Waals surface area (Å²) in [6, 6.07) is 6.88. The number of nitrogens with one attached hydrogen (secondary N) is 1. The fourth-order valence-corrected chi connectivity index (χ4v) is 3.26. The van der Waals surface area contributed by atoms with E-state index in [0.29, 0.717) is 35.2 Å². The largest absolute Gasteiger partial charge is 0.339 e. The normalized spacial score (nSPS) is 18.2. The van der Waals surface area contributed by atoms with Gasteiger partial charge in [-0.3, -0.25) is 14.5 Å². The van der Waals surface area contributed by atoms with Gasteiger partial charge in [-0.05, 0) is 38.1 Å². The molecule has 0 radical (unpaired) electrons. The minimum atomic E-state index is -0.252. The zero-order valence-electron chi connectivity index (χ0n) is 13.2. The number of nitrogens with zero attached hydrogens (tertiary/aromatic N) is 3. The van der Waals surface area contributed by atoms with Gasteiger partial charge >= 0.3 is 0 Å². The molecule has 0 spiro atoms. The third-order valence-electron chi connectivity index (χ3n) is 4.61. The average Bonchev–Trinajstić information content (AvgIpc) is 3.19. The summed E-state index contributed by atoms with van der Waals surface area (Å²) in [5, 5.41) is 7.30. The number of fused-ring (bicyclic) bond motifs is 1. The van der Waals surface area contributed by atoms with Crippen molar-refractivity contribution in [2.45, 2.75) is 25.2 Å². The van der Waals surface area contributed by atoms with E-state index >= 15 is 0 Å². The number of benzene rings is 1. The fourth-order valence-electron chi connectivity index (χ4n) is 3.26. The Hall–Kier alpha value is -2.54. The Morgan fingerprint density at radius 2 is 1.79 bits per heavy atom. The quantitative estimate of drug-likeness (QED) is 0.854. The Morgan fingerprint density at radius 3 is 2.46 bits per heavy atom. The van der Waals surface area contributed by atoms with Crippen molar-refractivity contribution in [1.29, 1.82) is 0 Å². The molecule has 2 aromatic rings. The van der Waals surface area contributed by atoms with Crippen LogP contribution in [0.5, 0.6) is 0 Å². The van der Waals surface area contributed by atoms with Crippen molar-refractivity contribution in [2.24, 2.45) is 0 Å². The third-order valence-corrected chi connectivity index (χ3v) is 4.61. The number of amides is 2. The molecule has 4 rings (SSSR count). The van der Waals surface area contributed by atoms with Crippen molar-refractivity contribution < 1.29 is 14.1 Å². The minimum absolute atomic E-state index is 0.252. The molecule has 1 saturated heterocycles. The number of carbonyl (C=O) groups is 2. The molecule has 2 amide bonds. The van der Waals surface area contributed by atoms with Crippen LogP contribution in [0.4, 0.5) is 0 Å². The molecule has 0 unspecified atom stereocenters. The number of piperidine rings is 1. The maximum absolute atomic E-state index is 12.3. The molecule has 7 nitrogen and oxygen atoms in total. The lowest BCUT2D eigenvalue weighted by molar-refractivity contribution is 0.0655. The first-order chi connectivity index (χ1) is 11.7. The number of hydrogen-bond acceptors (Lipinski definition) is 6. The second kappa shape index (κ2) is 6.16. The molecular weight excluding hydrogens is 308 g/mol. The predicted molar refractivity (Wildman–Crippen MR) is 84.7 cm³/mol. The first kappa shape index (κ1) is 15.0. The predicted octanol–water partition coefficient (Wildman–Crippen LogP) is 1.38. The zero-order chi connectivity index (χ0) is 16.5. The molecule has 1 aromatic carbocycles. The molecule has 2 aliphatic heterocycles. The van der Waals surface area contributed by atoms with Gasteiger partial charge in [0.1, 0.15) is 0 Å². The molecule has 124 valence electrons. The molecule has 0 saturated carbocycles. The number of imide groups is 1. The van der Waals surface area contributed by atoms with Crippen LogP contribution in [-0.4, -0.2) is 46.5 Å². The molecule has 7 heteroatoms. The highest BCUT2D eigenvalue weighted by atomic mass is 16.5. The van der Waals surface area contributed by atoms with Crippen LogP contribution >= 0.6 is 0 Å². The lowest BCUT2D eigenvalue weighted by atomic mass is 9.98. The van der Waals surface area contributed by atoms with Crippen molar-refractivity contribution in [2.75, 3.05) is 19.6 Å². The highest BCUT2D eigenvalue weighted by Crippen LogP contribution is 2.24. The smallest absolute Gasteiger partial charge is 0.261 e. The van der Waals surface area contributed by atoms with Gasteiger partial charge in [0.15, 0.2) is 5.82 Å². The zero-order valence-corrected chi connectivity index (χ0v) is 13.2. The van der Waals surface area contributed by atoms with Crippen molar-refractivity contribution in [3.05, 3.63) is 47.1 Å². The molecule has 0 bridgehead atoms. The molecule has 0 atom stereocenters. The number of hydrogen-bond donors (Lipinski definition) is 1. The van der Waals surface area contributed by atoms with Gasteiger partial charge in [-0.25, -0.2) is 0 Å². The van der Waals surface area contributed by atoms with Gasteiger partial charge in [-0.1, -0.05) is 17.3 Å². The molecular formula is C17H18N4O3. The monoisotopic (exact) mass is 326 g/mol. The van der Waals surface area contributed by atoms with E-state index in [9.17, 15) is 9.59 Å². The van der Waals surface area contributed by atoms with Crippen LogP contribution in [0, 0.1) is 0 Å². The summed E-state index contributed by atoms with van der Waals surface area (Å²) in [7, 11) is 0. The van der Waals surface area contributed by atoms with Crippen LogP contribution in [0.1, 0.15) is 51.2 Å². The average molecular weight is 326 g/mol. The Bertz CT molecular complexity index is 745. The van der Waals surface area contributed by atoms with Crippen molar-refractivity contribution in [3.8, 4) is 0 Å². The summed E-state index contributed by atoms with van der Waals surface area (Å²) >= 11 is 0. The summed E-state index contributed by atoms with van der Waals surface area (Å²) in [5.41, 5.74) is 0.928. The maximum Gasteiger partial charge on any atom is 0.261 e. The van der Waals surface area contributed by atoms with Crippen LogP contribution in [0.3, 0.4) is 0 Å². The highest BCUT2D eigenvalue weighted by Gasteiger charge is 2.35. The number of rotatable bonds is 4. The van der Waals surface area contributed by atoms with Crippen LogP contribution in [0.2, 0.25) is 0 Å². The molecule has 3 heterocycles. The van der Waals surface area contributed by atoms with Gasteiger partial charge in [0.2, 0.25) is 5.89 Å². The number of carbonyl (C=O) groups excluding carboxylic acids is 2. The molecule has 2 aliphatic rings. The second-order valence-electron chi connectivity index (χ2n) is 6.13. The van der Waals surface area contributed by atoms with E-state index in [-0.39, 0.29) is 18.4 Å². The SMILES string of the molecule is O=C1c2ccccc2C(=O)N1CCc1noc(C2CCNCC2)n1. The standard InChI is InChI=1S/C17H18N4O3/c22-16-12-3-1-2-4-13(12)17(23)21(16)10-7-14-19-15(24-20-14)11-5-8-18-9-6-11/h1-4,11,18H,5-10H2. The van der Waals surface area contributed by atoms with Gasteiger partial charge in [0.05, 0.1) is 11.1 Å². The minimum Gasteiger partial charge on any atom is -0.339 e. The van der Waals surface area contributed by atoms with Gasteiger partial charge in [-0.15, -0.1) is 0 Å². The van der Waals surface area contributed by atoms with Gasteiger partial charge in [0, 0.05) is 18.9 Å². The first-order valence-corrected chi connectivity index (χ1v) is 8.22. The van der Waals surface area contributed by atoms with E-state index in [4.69, 9.17) is 4.52 Å². The van der Waals surface area contributed by atoms with E-state index in [0.717, 1.165) is 25.9 Å². The topological polar surface area (TPSA) is 88.3 Å². The molecule has 0 aliphatic carbocycles. The van der Waals surface area contributed by atoms with Crippen molar-refractivity contribution >= 4 is 11.8 Å². The molecule has 1 fully saturated rings. The fraction of sp³-hybridized carbons (Fsp3) is 0.412. The summed E-state index contributed by atoms with van der Waals surface area (Å²) in [4.78, 5) is 30.3. The lowest BCUT2D eigenvalue weighted by Crippen LogP contribution is -2.32. The van der Waals surface area contributed by atoms with Crippen LogP contribution < -0.4 is 5.32 Å². The van der Waals surface area contributed by atoms with E-state index in [1.54, 1.807) is 24.3 Å². The summed E-state index contributed by atoms with van der Waals surface area (Å²) < 4.78 is 5.36. The Morgan fingerprint density at radius 1 is 1.12 bits per heavy atom. The second-order valence-corrected chi connectivity index (χ2v) is 6.13. The van der Waals surface area contributed by atoms with Gasteiger partial charge in [-0.2, -0.15) is 4.98 Å². The number of aromatic nitrogens is 2. The van der Waals surface area contributed by atoms with Crippen molar-refractivity contribution in [1.82, 2.24) is 20.4 Å². The van der Waals surface area contributed by atoms with E-state index in [1.807, 2.05) is 0 Å². The van der Waals surface area contributed by atoms with Gasteiger partial charge < -0.3 is 9.84 Å². The Labute approximate surface area is 139 Å². The Balaban J connectivity index is 1.42. The summed E-state index contributed by atoms with van der Waals surface area (Å²) in [6.07, 6.45) is 2.38. The van der Waals surface area contributed by atoms with E-state index in [1.165, 1.54) is 4.90 Å². The van der Waals surface area contributed by atoms with E-state index in [2.05, 4.69) is 15.5 Å². The molecule has 24 heavy (non-hydrogen) atoms. The summed E-state index contributed by atoms with van der Waals surface area (Å²) in [5.74, 6) is 0.996. The highest BCUT2D eigenvalue weighted by molar-refractivity contribution is 6.21. The van der Waals surface area contributed by atoms with Gasteiger partial charge in [0.25, 0.3) is 11.8 Å². The third kappa shape index (κ3) is 2.60. The van der Waals surface area contributed by atoms with Crippen LogP contribution in [0.15, 0.2) is 28.8 Å². The maximum atomic E-state index is 12.3. The van der Waals surface area contributed by atoms with Crippen LogP contribution in [0.25, 0.3) is 0 Å². The van der Waals surface area contributed by atoms with E-state index < -0.39 is 0 Å². The lowest BCUT2D eigenvalue weighted by Gasteiger charge is -2.18. The molecule has 1 N–H and O–H groups in total. The first-order valence-electron chi connectivity index (χ1n) is 8.22. The summed E-state index contributed by atoms with van der Waals surface area (Å²) in [6.45, 7) is 2.17. The molecule has 1 aromatic heterocycles.